The van der Waals surface area contributed by atoms with Crippen molar-refractivity contribution in [2.45, 2.75) is 12.8 Å². The summed E-state index contributed by atoms with van der Waals surface area (Å²) in [5, 5.41) is 14.8. The van der Waals surface area contributed by atoms with Gasteiger partial charge in [-0.1, -0.05) is 11.7 Å². The van der Waals surface area contributed by atoms with Crippen LogP contribution in [0.2, 0.25) is 0 Å². The Hall–Kier alpha value is -1.69. The summed E-state index contributed by atoms with van der Waals surface area (Å²) < 4.78 is 18.0. The van der Waals surface area contributed by atoms with E-state index < -0.39 is 5.83 Å². The molecule has 17 heavy (non-hydrogen) atoms. The van der Waals surface area contributed by atoms with Gasteiger partial charge in [0.05, 0.1) is 5.70 Å². The van der Waals surface area contributed by atoms with Crippen LogP contribution in [0.15, 0.2) is 34.3 Å². The highest BCUT2D eigenvalue weighted by Crippen LogP contribution is 2.20. The number of nitrogens with zero attached hydrogens (tertiary/aromatic N) is 2. The molecule has 0 aromatic heterocycles. The highest BCUT2D eigenvalue weighted by molar-refractivity contribution is 6.14. The monoisotopic (exact) mass is 239 g/mol. The third kappa shape index (κ3) is 2.71. The number of hydrogen-bond acceptors (Lipinski definition) is 4. The fourth-order valence-electron chi connectivity index (χ4n) is 1.89. The molecule has 92 valence electrons. The number of amidine groups is 2. The Kier molecular flexibility index (Phi) is 3.53. The Morgan fingerprint density at radius 2 is 2.29 bits per heavy atom. The fraction of sp³-hybridized carbons (Fsp3) is 0.455. The molecule has 2 heterocycles. The molecule has 2 N–H and O–H groups in total. The lowest BCUT2D eigenvalue weighted by Crippen LogP contribution is -2.30. The number of nitrogens with one attached hydrogen (secondary N) is 1. The Labute approximate surface area is 98.4 Å². The van der Waals surface area contributed by atoms with Crippen LogP contribution in [0.1, 0.15) is 12.8 Å². The number of ether oxygens (including phenoxy) is 1. The van der Waals surface area contributed by atoms with Gasteiger partial charge in [0.1, 0.15) is 11.7 Å². The minimum atomic E-state index is -0.614. The van der Waals surface area contributed by atoms with Gasteiger partial charge in [-0.05, 0) is 12.8 Å². The number of oxime groups is 1. The normalized spacial score (nSPS) is 26.1. The molecule has 0 aromatic carbocycles. The number of aliphatic imine (C=N–C) groups is 1. The molecule has 2 rings (SSSR count). The molecule has 2 aliphatic rings. The van der Waals surface area contributed by atoms with Crippen LogP contribution in [-0.4, -0.2) is 30.1 Å². The summed E-state index contributed by atoms with van der Waals surface area (Å²) >= 11 is 0. The molecular formula is C11H14FN3O2. The summed E-state index contributed by atoms with van der Waals surface area (Å²) in [6, 6.07) is 0. The van der Waals surface area contributed by atoms with Crippen LogP contribution >= 0.6 is 0 Å². The number of hydrogen-bond donors (Lipinski definition) is 2. The van der Waals surface area contributed by atoms with Crippen molar-refractivity contribution in [3.8, 4) is 0 Å². The average Bonchev–Trinajstić information content (AvgIpc) is 2.72. The van der Waals surface area contributed by atoms with Crippen LogP contribution in [0.25, 0.3) is 0 Å². The summed E-state index contributed by atoms with van der Waals surface area (Å²) in [6.45, 7) is 4.51. The lowest BCUT2D eigenvalue weighted by Gasteiger charge is -2.21. The van der Waals surface area contributed by atoms with Crippen LogP contribution in [0, 0.1) is 5.92 Å². The standard InChI is InChI=1S/C11H14FN3O2/c1-7(12)6-9-11(15-16)14-10(13-9)8-2-4-17-5-3-8/h6,8,16H,1-5H2,(H,13,14,15)/b9-6+. The van der Waals surface area contributed by atoms with E-state index in [-0.39, 0.29) is 11.8 Å². The highest BCUT2D eigenvalue weighted by atomic mass is 19.1. The zero-order chi connectivity index (χ0) is 12.3. The molecule has 1 fully saturated rings. The van der Waals surface area contributed by atoms with Gasteiger partial charge < -0.3 is 15.3 Å². The van der Waals surface area contributed by atoms with Gasteiger partial charge in [0.15, 0.2) is 0 Å². The largest absolute Gasteiger partial charge is 0.409 e. The van der Waals surface area contributed by atoms with Crippen LogP contribution in [0.5, 0.6) is 0 Å². The van der Waals surface area contributed by atoms with Gasteiger partial charge in [0, 0.05) is 25.2 Å². The van der Waals surface area contributed by atoms with Crippen molar-refractivity contribution >= 4 is 11.7 Å². The summed E-state index contributed by atoms with van der Waals surface area (Å²) in [4.78, 5) is 4.14. The second-order valence-corrected chi connectivity index (χ2v) is 3.94. The molecule has 1 saturated heterocycles. The topological polar surface area (TPSA) is 66.2 Å². The van der Waals surface area contributed by atoms with E-state index in [1.54, 1.807) is 0 Å². The first-order valence-corrected chi connectivity index (χ1v) is 5.42. The van der Waals surface area contributed by atoms with Crippen LogP contribution in [0.3, 0.4) is 0 Å². The summed E-state index contributed by atoms with van der Waals surface area (Å²) in [6.07, 6.45) is 2.87. The van der Waals surface area contributed by atoms with E-state index in [9.17, 15) is 4.39 Å². The second kappa shape index (κ2) is 5.09. The van der Waals surface area contributed by atoms with Crippen LogP contribution in [-0.2, 0) is 4.74 Å². The molecule has 0 unspecified atom stereocenters. The quantitative estimate of drug-likeness (QED) is 0.567. The van der Waals surface area contributed by atoms with Crippen molar-refractivity contribution in [1.29, 1.82) is 0 Å². The fourth-order valence-corrected chi connectivity index (χ4v) is 1.89. The average molecular weight is 239 g/mol. The first-order chi connectivity index (χ1) is 8.20. The molecule has 2 aliphatic heterocycles. The van der Waals surface area contributed by atoms with Crippen molar-refractivity contribution in [2.24, 2.45) is 16.1 Å². The molecule has 6 heteroatoms. The van der Waals surface area contributed by atoms with Gasteiger partial charge in [0.25, 0.3) is 0 Å². The molecule has 0 amide bonds. The van der Waals surface area contributed by atoms with E-state index in [0.717, 1.165) is 18.9 Å². The van der Waals surface area contributed by atoms with Crippen molar-refractivity contribution < 1.29 is 14.3 Å². The molecule has 0 saturated carbocycles. The van der Waals surface area contributed by atoms with Gasteiger partial charge in [-0.2, -0.15) is 0 Å². The Morgan fingerprint density at radius 1 is 1.59 bits per heavy atom. The van der Waals surface area contributed by atoms with E-state index in [0.29, 0.717) is 24.7 Å². The molecule has 5 nitrogen and oxygen atoms in total. The van der Waals surface area contributed by atoms with E-state index in [1.165, 1.54) is 0 Å². The van der Waals surface area contributed by atoms with E-state index in [4.69, 9.17) is 9.94 Å². The highest BCUT2D eigenvalue weighted by Gasteiger charge is 2.27. The summed E-state index contributed by atoms with van der Waals surface area (Å²) in [5.41, 5.74) is 0.335. The Balaban J connectivity index is 2.14. The first-order valence-electron chi connectivity index (χ1n) is 5.42. The maximum Gasteiger partial charge on any atom is 0.216 e. The second-order valence-electron chi connectivity index (χ2n) is 3.94. The third-order valence-corrected chi connectivity index (χ3v) is 2.73. The minimum Gasteiger partial charge on any atom is -0.409 e. The number of rotatable bonds is 2. The lowest BCUT2D eigenvalue weighted by atomic mass is 9.99. The Bertz CT molecular complexity index is 409. The van der Waals surface area contributed by atoms with E-state index >= 15 is 0 Å². The molecule has 0 spiro atoms. The van der Waals surface area contributed by atoms with Crippen molar-refractivity contribution in [3.05, 3.63) is 24.2 Å². The molecule has 0 atom stereocenters. The maximum atomic E-state index is 12.7. The molecule has 0 aliphatic carbocycles. The predicted molar refractivity (Wildman–Crippen MR) is 61.7 cm³/mol. The maximum absolute atomic E-state index is 12.7. The van der Waals surface area contributed by atoms with Gasteiger partial charge in [-0.25, -0.2) is 9.38 Å². The van der Waals surface area contributed by atoms with Crippen LogP contribution < -0.4 is 5.32 Å². The van der Waals surface area contributed by atoms with E-state index in [2.05, 4.69) is 22.0 Å². The smallest absolute Gasteiger partial charge is 0.216 e. The lowest BCUT2D eigenvalue weighted by molar-refractivity contribution is 0.0823. The SMILES string of the molecule is C=C(F)/C=C1/NC(C2CCOCC2)=N/C1=N\O. The minimum absolute atomic E-state index is 0.0882. The molecular weight excluding hydrogens is 225 g/mol. The van der Waals surface area contributed by atoms with Crippen molar-refractivity contribution in [3.63, 3.8) is 0 Å². The van der Waals surface area contributed by atoms with E-state index in [1.807, 2.05) is 0 Å². The number of allylic oxidation sites excluding steroid dienone is 2. The molecule has 0 radical (unpaired) electrons. The molecule has 0 bridgehead atoms. The van der Waals surface area contributed by atoms with Crippen molar-refractivity contribution in [1.82, 2.24) is 5.32 Å². The summed E-state index contributed by atoms with van der Waals surface area (Å²) in [5.74, 6) is 0.412. The van der Waals surface area contributed by atoms with Gasteiger partial charge in [0.2, 0.25) is 5.84 Å². The predicted octanol–water partition coefficient (Wildman–Crippen LogP) is 1.57. The van der Waals surface area contributed by atoms with Crippen molar-refractivity contribution in [2.75, 3.05) is 13.2 Å². The van der Waals surface area contributed by atoms with Gasteiger partial charge in [-0.3, -0.25) is 0 Å². The number of halogens is 1. The van der Waals surface area contributed by atoms with Gasteiger partial charge in [-0.15, -0.1) is 0 Å². The van der Waals surface area contributed by atoms with Crippen LogP contribution in [0.4, 0.5) is 4.39 Å². The summed E-state index contributed by atoms with van der Waals surface area (Å²) in [7, 11) is 0. The zero-order valence-corrected chi connectivity index (χ0v) is 9.32. The van der Waals surface area contributed by atoms with Gasteiger partial charge >= 0.3 is 0 Å². The third-order valence-electron chi connectivity index (χ3n) is 2.73. The zero-order valence-electron chi connectivity index (χ0n) is 9.32. The molecule has 0 aromatic rings. The first kappa shape index (κ1) is 11.8. The Morgan fingerprint density at radius 3 is 2.88 bits per heavy atom.